The molecule has 6 heteroatoms. The number of nitrogens with one attached hydrogen (secondary N) is 2. The highest BCUT2D eigenvalue weighted by Crippen LogP contribution is 2.30. The van der Waals surface area contributed by atoms with Crippen molar-refractivity contribution in [3.8, 4) is 5.88 Å². The number of hydrogen-bond donors (Lipinski definition) is 3. The largest absolute Gasteiger partial charge is 0.476 e. The molecule has 2 aliphatic rings. The summed E-state index contributed by atoms with van der Waals surface area (Å²) in [4.78, 5) is 15.9. The van der Waals surface area contributed by atoms with Gasteiger partial charge in [-0.1, -0.05) is 0 Å². The third-order valence-electron chi connectivity index (χ3n) is 3.64. The maximum Gasteiger partial charge on any atom is 0.239 e. The van der Waals surface area contributed by atoms with Crippen molar-refractivity contribution in [2.75, 3.05) is 24.2 Å². The Hall–Kier alpha value is -1.98. The zero-order valence-corrected chi connectivity index (χ0v) is 12.1. The van der Waals surface area contributed by atoms with Crippen LogP contribution in [0.25, 0.3) is 0 Å². The van der Waals surface area contributed by atoms with Crippen LogP contribution in [0, 0.1) is 5.92 Å². The van der Waals surface area contributed by atoms with E-state index in [1.807, 2.05) is 0 Å². The van der Waals surface area contributed by atoms with Gasteiger partial charge in [-0.3, -0.25) is 4.79 Å². The zero-order valence-electron chi connectivity index (χ0n) is 12.1. The monoisotopic (exact) mass is 290 g/mol. The van der Waals surface area contributed by atoms with Crippen LogP contribution in [-0.4, -0.2) is 30.1 Å². The van der Waals surface area contributed by atoms with Crippen LogP contribution in [0.4, 0.5) is 11.5 Å². The van der Waals surface area contributed by atoms with Gasteiger partial charge in [0.15, 0.2) is 0 Å². The van der Waals surface area contributed by atoms with E-state index in [2.05, 4.69) is 15.6 Å². The minimum atomic E-state index is 0.0886. The summed E-state index contributed by atoms with van der Waals surface area (Å²) in [5, 5.41) is 6.09. The molecule has 1 aromatic rings. The molecular weight excluding hydrogens is 268 g/mol. The van der Waals surface area contributed by atoms with Gasteiger partial charge in [-0.15, -0.1) is 0 Å². The van der Waals surface area contributed by atoms with Gasteiger partial charge >= 0.3 is 0 Å². The molecule has 1 amide bonds. The molecule has 21 heavy (non-hydrogen) atoms. The first-order chi connectivity index (χ1) is 10.2. The normalized spacial score (nSPS) is 17.3. The smallest absolute Gasteiger partial charge is 0.239 e. The number of carbonyl (C=O) groups excluding carboxylic acids is 1. The molecule has 2 fully saturated rings. The topological polar surface area (TPSA) is 89.3 Å². The fraction of sp³-hybridized carbons (Fsp3) is 0.600. The number of ether oxygens (including phenoxy) is 1. The summed E-state index contributed by atoms with van der Waals surface area (Å²) >= 11 is 0. The molecule has 3 rings (SSSR count). The predicted octanol–water partition coefficient (Wildman–Crippen LogP) is 1.53. The number of hydrogen-bond acceptors (Lipinski definition) is 5. The van der Waals surface area contributed by atoms with Gasteiger partial charge in [-0.2, -0.15) is 4.98 Å². The number of nitrogen functional groups attached to an aromatic ring is 1. The molecule has 6 nitrogen and oxygen atoms in total. The van der Waals surface area contributed by atoms with Crippen molar-refractivity contribution in [2.45, 2.75) is 38.1 Å². The number of aromatic nitrogens is 1. The van der Waals surface area contributed by atoms with Crippen molar-refractivity contribution >= 4 is 17.4 Å². The number of anilines is 2. The summed E-state index contributed by atoms with van der Waals surface area (Å²) in [5.74, 6) is 1.92. The van der Waals surface area contributed by atoms with Crippen LogP contribution in [-0.2, 0) is 4.79 Å². The summed E-state index contributed by atoms with van der Waals surface area (Å²) in [5.41, 5.74) is 6.40. The molecule has 2 saturated carbocycles. The summed E-state index contributed by atoms with van der Waals surface area (Å²) < 4.78 is 5.63. The van der Waals surface area contributed by atoms with E-state index < -0.39 is 0 Å². The molecular formula is C15H22N4O2. The molecule has 0 atom stereocenters. The van der Waals surface area contributed by atoms with Crippen LogP contribution in [0.3, 0.4) is 0 Å². The average Bonchev–Trinajstić information content (AvgIpc) is 3.33. The second-order valence-electron chi connectivity index (χ2n) is 5.86. The molecule has 1 heterocycles. The van der Waals surface area contributed by atoms with Crippen molar-refractivity contribution in [2.24, 2.45) is 5.92 Å². The van der Waals surface area contributed by atoms with Crippen LogP contribution in [0.1, 0.15) is 32.1 Å². The summed E-state index contributed by atoms with van der Waals surface area (Å²) in [6, 6.07) is 3.99. The molecule has 0 radical (unpaired) electrons. The van der Waals surface area contributed by atoms with Crippen molar-refractivity contribution in [1.29, 1.82) is 0 Å². The maximum absolute atomic E-state index is 11.6. The van der Waals surface area contributed by atoms with E-state index in [4.69, 9.17) is 10.5 Å². The van der Waals surface area contributed by atoms with E-state index in [9.17, 15) is 4.79 Å². The summed E-state index contributed by atoms with van der Waals surface area (Å²) in [6.07, 6.45) is 5.13. The van der Waals surface area contributed by atoms with Gasteiger partial charge in [-0.05, 0) is 43.7 Å². The first-order valence-corrected chi connectivity index (χ1v) is 7.63. The molecule has 1 aromatic heterocycles. The van der Waals surface area contributed by atoms with Gasteiger partial charge < -0.3 is 21.1 Å². The maximum atomic E-state index is 11.6. The summed E-state index contributed by atoms with van der Waals surface area (Å²) in [7, 11) is 0. The SMILES string of the molecule is Nc1ccc(NCCC(=O)NC2CC2)nc1OCC1CC1. The Kier molecular flexibility index (Phi) is 4.13. The number of nitrogens with zero attached hydrogens (tertiary/aromatic N) is 1. The Morgan fingerprint density at radius 1 is 1.33 bits per heavy atom. The minimum Gasteiger partial charge on any atom is -0.476 e. The van der Waals surface area contributed by atoms with Crippen molar-refractivity contribution in [3.63, 3.8) is 0 Å². The van der Waals surface area contributed by atoms with Crippen LogP contribution in [0.5, 0.6) is 5.88 Å². The first-order valence-electron chi connectivity index (χ1n) is 7.63. The predicted molar refractivity (Wildman–Crippen MR) is 81.1 cm³/mol. The highest BCUT2D eigenvalue weighted by molar-refractivity contribution is 5.77. The van der Waals surface area contributed by atoms with Gasteiger partial charge in [0, 0.05) is 19.0 Å². The molecule has 0 saturated heterocycles. The highest BCUT2D eigenvalue weighted by Gasteiger charge is 2.23. The van der Waals surface area contributed by atoms with Gasteiger partial charge in [0.25, 0.3) is 0 Å². The van der Waals surface area contributed by atoms with E-state index in [0.717, 1.165) is 12.8 Å². The lowest BCUT2D eigenvalue weighted by molar-refractivity contribution is -0.120. The Morgan fingerprint density at radius 2 is 2.14 bits per heavy atom. The van der Waals surface area contributed by atoms with E-state index in [-0.39, 0.29) is 5.91 Å². The number of nitrogens with two attached hydrogens (primary N) is 1. The third-order valence-corrected chi connectivity index (χ3v) is 3.64. The second kappa shape index (κ2) is 6.20. The Labute approximate surface area is 124 Å². The zero-order chi connectivity index (χ0) is 14.7. The Morgan fingerprint density at radius 3 is 2.86 bits per heavy atom. The van der Waals surface area contributed by atoms with Crippen molar-refractivity contribution < 1.29 is 9.53 Å². The second-order valence-corrected chi connectivity index (χ2v) is 5.86. The first kappa shape index (κ1) is 14.0. The average molecular weight is 290 g/mol. The van der Waals surface area contributed by atoms with E-state index in [1.54, 1.807) is 12.1 Å². The van der Waals surface area contributed by atoms with Crippen molar-refractivity contribution in [1.82, 2.24) is 10.3 Å². The van der Waals surface area contributed by atoms with Gasteiger partial charge in [0.1, 0.15) is 5.82 Å². The number of rotatable bonds is 8. The Bertz CT molecular complexity index is 512. The number of pyridine rings is 1. The molecule has 4 N–H and O–H groups in total. The molecule has 2 aliphatic carbocycles. The fourth-order valence-corrected chi connectivity index (χ4v) is 1.98. The van der Waals surface area contributed by atoms with E-state index >= 15 is 0 Å². The van der Waals surface area contributed by atoms with Crippen molar-refractivity contribution in [3.05, 3.63) is 12.1 Å². The lowest BCUT2D eigenvalue weighted by atomic mass is 10.3. The van der Waals surface area contributed by atoms with Crippen LogP contribution >= 0.6 is 0 Å². The van der Waals surface area contributed by atoms with Crippen LogP contribution < -0.4 is 21.1 Å². The quantitative estimate of drug-likeness (QED) is 0.675. The summed E-state index contributed by atoms with van der Waals surface area (Å²) in [6.45, 7) is 1.24. The molecule has 0 bridgehead atoms. The van der Waals surface area contributed by atoms with Gasteiger partial charge in [0.2, 0.25) is 11.8 Å². The van der Waals surface area contributed by atoms with Gasteiger partial charge in [0.05, 0.1) is 12.3 Å². The standard InChI is InChI=1S/C15H22N4O2/c16-12-5-6-13(19-15(12)21-9-10-1-2-10)17-8-7-14(20)18-11-3-4-11/h5-6,10-11H,1-4,7-9,16H2,(H,17,19)(H,18,20). The molecule has 114 valence electrons. The molecule has 0 spiro atoms. The molecule has 0 unspecified atom stereocenters. The molecule has 0 aromatic carbocycles. The van der Waals surface area contributed by atoms with E-state index in [0.29, 0.717) is 48.9 Å². The third kappa shape index (κ3) is 4.51. The Balaban J connectivity index is 1.44. The van der Waals surface area contributed by atoms with E-state index in [1.165, 1.54) is 12.8 Å². The number of carbonyl (C=O) groups is 1. The molecule has 0 aliphatic heterocycles. The lowest BCUT2D eigenvalue weighted by Gasteiger charge is -2.10. The van der Waals surface area contributed by atoms with Gasteiger partial charge in [-0.25, -0.2) is 0 Å². The van der Waals surface area contributed by atoms with Crippen LogP contribution in [0.15, 0.2) is 12.1 Å². The lowest BCUT2D eigenvalue weighted by Crippen LogP contribution is -2.27. The fourth-order valence-electron chi connectivity index (χ4n) is 1.98. The minimum absolute atomic E-state index is 0.0886. The van der Waals surface area contributed by atoms with Crippen LogP contribution in [0.2, 0.25) is 0 Å². The highest BCUT2D eigenvalue weighted by atomic mass is 16.5. The number of amides is 1.